The summed E-state index contributed by atoms with van der Waals surface area (Å²) in [5.41, 5.74) is 2.74. The first kappa shape index (κ1) is 9.98. The molecule has 0 radical (unpaired) electrons. The lowest BCUT2D eigenvalue weighted by molar-refractivity contribution is 0.499. The van der Waals surface area contributed by atoms with Gasteiger partial charge in [0.15, 0.2) is 0 Å². The Balaban J connectivity index is 2.11. The maximum absolute atomic E-state index is 8.71. The number of allylic oxidation sites excluding steroid dienone is 2. The van der Waals surface area contributed by atoms with E-state index in [-0.39, 0.29) is 0 Å². The van der Waals surface area contributed by atoms with Crippen molar-refractivity contribution in [3.63, 3.8) is 0 Å². The van der Waals surface area contributed by atoms with E-state index in [1.807, 2.05) is 6.07 Å². The zero-order valence-electron chi connectivity index (χ0n) is 8.82. The molecule has 1 aliphatic carbocycles. The van der Waals surface area contributed by atoms with Gasteiger partial charge in [-0.15, -0.1) is 0 Å². The first-order valence-corrected chi connectivity index (χ1v) is 5.51. The SMILES string of the molecule is N#CC[C@H]1CCC=C(c2ccccc2)C1. The molecular formula is C14H15N. The van der Waals surface area contributed by atoms with Crippen molar-refractivity contribution in [2.45, 2.75) is 25.7 Å². The summed E-state index contributed by atoms with van der Waals surface area (Å²) in [5.74, 6) is 0.565. The molecule has 0 N–H and O–H groups in total. The van der Waals surface area contributed by atoms with Crippen LogP contribution in [0, 0.1) is 17.2 Å². The van der Waals surface area contributed by atoms with Crippen LogP contribution in [-0.2, 0) is 0 Å². The van der Waals surface area contributed by atoms with Crippen LogP contribution in [0.25, 0.3) is 5.57 Å². The van der Waals surface area contributed by atoms with Crippen LogP contribution in [0.15, 0.2) is 36.4 Å². The molecule has 1 nitrogen and oxygen atoms in total. The van der Waals surface area contributed by atoms with Crippen molar-refractivity contribution in [1.82, 2.24) is 0 Å². The van der Waals surface area contributed by atoms with Gasteiger partial charge in [-0.3, -0.25) is 0 Å². The van der Waals surface area contributed by atoms with Crippen LogP contribution < -0.4 is 0 Å². The summed E-state index contributed by atoms with van der Waals surface area (Å²) in [6, 6.07) is 12.8. The van der Waals surface area contributed by atoms with E-state index in [0.29, 0.717) is 12.3 Å². The van der Waals surface area contributed by atoms with E-state index in [9.17, 15) is 0 Å². The summed E-state index contributed by atoms with van der Waals surface area (Å²) in [5, 5.41) is 8.71. The summed E-state index contributed by atoms with van der Waals surface area (Å²) in [6.07, 6.45) is 6.38. The molecule has 0 saturated heterocycles. The van der Waals surface area contributed by atoms with Crippen molar-refractivity contribution in [3.8, 4) is 6.07 Å². The van der Waals surface area contributed by atoms with Gasteiger partial charge in [-0.05, 0) is 36.3 Å². The minimum absolute atomic E-state index is 0.565. The van der Waals surface area contributed by atoms with Crippen LogP contribution in [0.1, 0.15) is 31.2 Å². The van der Waals surface area contributed by atoms with Crippen LogP contribution in [0.4, 0.5) is 0 Å². The van der Waals surface area contributed by atoms with E-state index in [4.69, 9.17) is 5.26 Å². The molecule has 0 fully saturated rings. The van der Waals surface area contributed by atoms with Gasteiger partial charge in [0.05, 0.1) is 6.07 Å². The second kappa shape index (κ2) is 4.79. The number of hydrogen-bond donors (Lipinski definition) is 0. The molecule has 0 bridgehead atoms. The Hall–Kier alpha value is -1.55. The summed E-state index contributed by atoms with van der Waals surface area (Å²) in [4.78, 5) is 0. The first-order valence-electron chi connectivity index (χ1n) is 5.51. The van der Waals surface area contributed by atoms with Crippen LogP contribution in [-0.4, -0.2) is 0 Å². The summed E-state index contributed by atoms with van der Waals surface area (Å²) in [7, 11) is 0. The van der Waals surface area contributed by atoms with E-state index in [2.05, 4.69) is 36.4 Å². The normalized spacial score (nSPS) is 20.5. The first-order chi connectivity index (χ1) is 7.40. The van der Waals surface area contributed by atoms with Crippen LogP contribution in [0.3, 0.4) is 0 Å². The molecule has 76 valence electrons. The summed E-state index contributed by atoms with van der Waals surface area (Å²) < 4.78 is 0. The van der Waals surface area contributed by atoms with Crippen molar-refractivity contribution < 1.29 is 0 Å². The molecule has 0 aliphatic heterocycles. The largest absolute Gasteiger partial charge is 0.198 e. The van der Waals surface area contributed by atoms with Crippen LogP contribution >= 0.6 is 0 Å². The van der Waals surface area contributed by atoms with Gasteiger partial charge in [0.2, 0.25) is 0 Å². The molecule has 0 aromatic heterocycles. The highest BCUT2D eigenvalue weighted by Gasteiger charge is 2.15. The van der Waals surface area contributed by atoms with Gasteiger partial charge in [-0.2, -0.15) is 5.26 Å². The molecule has 15 heavy (non-hydrogen) atoms. The van der Waals surface area contributed by atoms with Crippen molar-refractivity contribution in [3.05, 3.63) is 42.0 Å². The molecule has 0 heterocycles. The molecular weight excluding hydrogens is 182 g/mol. The second-order valence-corrected chi connectivity index (χ2v) is 4.11. The van der Waals surface area contributed by atoms with Crippen molar-refractivity contribution >= 4 is 5.57 Å². The lowest BCUT2D eigenvalue weighted by atomic mass is 9.84. The Kier molecular flexibility index (Phi) is 3.19. The standard InChI is InChI=1S/C14H15N/c15-10-9-12-5-4-8-14(11-12)13-6-2-1-3-7-13/h1-3,6-8,12H,4-5,9,11H2/t12-/m1/s1. The molecule has 1 atom stereocenters. The minimum atomic E-state index is 0.565. The molecule has 0 spiro atoms. The Morgan fingerprint density at radius 2 is 2.07 bits per heavy atom. The Labute approximate surface area is 91.0 Å². The number of rotatable bonds is 2. The molecule has 1 heteroatoms. The predicted molar refractivity (Wildman–Crippen MR) is 62.0 cm³/mol. The van der Waals surface area contributed by atoms with Gasteiger partial charge < -0.3 is 0 Å². The fourth-order valence-electron chi connectivity index (χ4n) is 2.18. The third-order valence-corrected chi connectivity index (χ3v) is 3.00. The molecule has 0 amide bonds. The number of nitrogens with zero attached hydrogens (tertiary/aromatic N) is 1. The lowest BCUT2D eigenvalue weighted by Gasteiger charge is -2.20. The smallest absolute Gasteiger partial charge is 0.0624 e. The molecule has 1 aliphatic rings. The fraction of sp³-hybridized carbons (Fsp3) is 0.357. The Morgan fingerprint density at radius 3 is 2.80 bits per heavy atom. The average Bonchev–Trinajstić information content (AvgIpc) is 2.31. The molecule has 1 aromatic rings. The Morgan fingerprint density at radius 1 is 1.27 bits per heavy atom. The van der Waals surface area contributed by atoms with E-state index in [1.165, 1.54) is 17.6 Å². The van der Waals surface area contributed by atoms with Gasteiger partial charge in [0, 0.05) is 6.42 Å². The lowest BCUT2D eigenvalue weighted by Crippen LogP contribution is -2.05. The van der Waals surface area contributed by atoms with Gasteiger partial charge in [0.25, 0.3) is 0 Å². The quantitative estimate of drug-likeness (QED) is 0.707. The number of nitriles is 1. The number of benzene rings is 1. The topological polar surface area (TPSA) is 23.8 Å². The summed E-state index contributed by atoms with van der Waals surface area (Å²) >= 11 is 0. The molecule has 1 aromatic carbocycles. The maximum atomic E-state index is 8.71. The third-order valence-electron chi connectivity index (χ3n) is 3.00. The van der Waals surface area contributed by atoms with Gasteiger partial charge in [0.1, 0.15) is 0 Å². The van der Waals surface area contributed by atoms with Crippen molar-refractivity contribution in [2.75, 3.05) is 0 Å². The van der Waals surface area contributed by atoms with Gasteiger partial charge in [-0.1, -0.05) is 36.4 Å². The third kappa shape index (κ3) is 2.47. The van der Waals surface area contributed by atoms with Gasteiger partial charge >= 0.3 is 0 Å². The van der Waals surface area contributed by atoms with E-state index < -0.39 is 0 Å². The second-order valence-electron chi connectivity index (χ2n) is 4.11. The van der Waals surface area contributed by atoms with Gasteiger partial charge in [-0.25, -0.2) is 0 Å². The molecule has 0 saturated carbocycles. The minimum Gasteiger partial charge on any atom is -0.198 e. The zero-order chi connectivity index (χ0) is 10.5. The zero-order valence-corrected chi connectivity index (χ0v) is 8.82. The highest BCUT2D eigenvalue weighted by atomic mass is 14.3. The Bertz CT molecular complexity index is 384. The highest BCUT2D eigenvalue weighted by molar-refractivity contribution is 5.66. The van der Waals surface area contributed by atoms with Crippen LogP contribution in [0.2, 0.25) is 0 Å². The summed E-state index contributed by atoms with van der Waals surface area (Å²) in [6.45, 7) is 0. The van der Waals surface area contributed by atoms with E-state index in [0.717, 1.165) is 12.8 Å². The van der Waals surface area contributed by atoms with Crippen molar-refractivity contribution in [2.24, 2.45) is 5.92 Å². The highest BCUT2D eigenvalue weighted by Crippen LogP contribution is 2.32. The van der Waals surface area contributed by atoms with Crippen molar-refractivity contribution in [1.29, 1.82) is 5.26 Å². The van der Waals surface area contributed by atoms with E-state index in [1.54, 1.807) is 0 Å². The maximum Gasteiger partial charge on any atom is 0.0624 e. The average molecular weight is 197 g/mol. The van der Waals surface area contributed by atoms with Crippen LogP contribution in [0.5, 0.6) is 0 Å². The molecule has 0 unspecified atom stereocenters. The van der Waals surface area contributed by atoms with E-state index >= 15 is 0 Å². The predicted octanol–water partition coefficient (Wildman–Crippen LogP) is 3.78. The fourth-order valence-corrected chi connectivity index (χ4v) is 2.18. The molecule has 2 rings (SSSR count). The monoisotopic (exact) mass is 197 g/mol. The number of hydrogen-bond acceptors (Lipinski definition) is 1.